The number of hydrogen-bond donors (Lipinski definition) is 1. The van der Waals surface area contributed by atoms with E-state index in [9.17, 15) is 13.2 Å². The number of nitrogens with two attached hydrogens (primary N) is 1. The molecule has 2 heterocycles. The molecular weight excluding hydrogens is 195 g/mol. The number of nitrogen functional groups attached to an aromatic ring is 1. The van der Waals surface area contributed by atoms with Gasteiger partial charge in [0.15, 0.2) is 0 Å². The van der Waals surface area contributed by atoms with Gasteiger partial charge in [0.25, 0.3) is 0 Å². The van der Waals surface area contributed by atoms with Gasteiger partial charge in [-0.05, 0) is 6.42 Å². The molecule has 2 N–H and O–H groups in total. The van der Waals surface area contributed by atoms with Gasteiger partial charge in [-0.15, -0.1) is 0 Å². The molecule has 0 aromatic carbocycles. The molecule has 0 fully saturated rings. The zero-order valence-electron chi connectivity index (χ0n) is 7.38. The van der Waals surface area contributed by atoms with Crippen LogP contribution in [0.25, 0.3) is 0 Å². The first-order chi connectivity index (χ1) is 6.47. The van der Waals surface area contributed by atoms with Crippen LogP contribution in [0.1, 0.15) is 12.1 Å². The van der Waals surface area contributed by atoms with Gasteiger partial charge in [-0.2, -0.15) is 18.3 Å². The van der Waals surface area contributed by atoms with Crippen molar-refractivity contribution in [2.24, 2.45) is 5.92 Å². The number of nitrogens with zero attached hydrogens (tertiary/aromatic N) is 2. The van der Waals surface area contributed by atoms with E-state index in [-0.39, 0.29) is 12.8 Å². The van der Waals surface area contributed by atoms with E-state index in [1.165, 1.54) is 6.07 Å². The van der Waals surface area contributed by atoms with Crippen LogP contribution < -0.4 is 5.73 Å². The largest absolute Gasteiger partial charge is 0.392 e. The maximum atomic E-state index is 12.4. The van der Waals surface area contributed by atoms with Crippen molar-refractivity contribution in [1.82, 2.24) is 9.78 Å². The maximum Gasteiger partial charge on any atom is 0.392 e. The van der Waals surface area contributed by atoms with Crippen LogP contribution in [-0.2, 0) is 13.0 Å². The van der Waals surface area contributed by atoms with Crippen LogP contribution in [0.4, 0.5) is 19.0 Å². The van der Waals surface area contributed by atoms with Crippen molar-refractivity contribution in [2.45, 2.75) is 25.6 Å². The summed E-state index contributed by atoms with van der Waals surface area (Å²) in [6.45, 7) is 0.302. The highest BCUT2D eigenvalue weighted by molar-refractivity contribution is 5.30. The predicted molar refractivity (Wildman–Crippen MR) is 44.5 cm³/mol. The molecule has 0 spiro atoms. The van der Waals surface area contributed by atoms with Crippen molar-refractivity contribution in [1.29, 1.82) is 0 Å². The topological polar surface area (TPSA) is 43.8 Å². The second kappa shape index (κ2) is 2.90. The SMILES string of the molecule is Nc1cc2n(n1)CCC(C(F)(F)F)C2. The monoisotopic (exact) mass is 205 g/mol. The van der Waals surface area contributed by atoms with E-state index in [1.54, 1.807) is 4.68 Å². The third kappa shape index (κ3) is 1.56. The molecule has 3 nitrogen and oxygen atoms in total. The first-order valence-corrected chi connectivity index (χ1v) is 4.36. The maximum absolute atomic E-state index is 12.4. The molecule has 0 saturated heterocycles. The van der Waals surface area contributed by atoms with Crippen molar-refractivity contribution >= 4 is 5.82 Å². The fraction of sp³-hybridized carbons (Fsp3) is 0.625. The molecule has 0 radical (unpaired) electrons. The standard InChI is InChI=1S/C8H10F3N3/c9-8(10,11)5-1-2-14-6(3-5)4-7(12)13-14/h4-5H,1-3H2,(H2,12,13). The fourth-order valence-corrected chi connectivity index (χ4v) is 1.75. The Hall–Kier alpha value is -1.20. The Morgan fingerprint density at radius 3 is 2.86 bits per heavy atom. The van der Waals surface area contributed by atoms with Gasteiger partial charge in [0.2, 0.25) is 0 Å². The number of anilines is 1. The van der Waals surface area contributed by atoms with Crippen LogP contribution in [0.2, 0.25) is 0 Å². The summed E-state index contributed by atoms with van der Waals surface area (Å²) in [6.07, 6.45) is -4.02. The summed E-state index contributed by atoms with van der Waals surface area (Å²) in [5.74, 6) is -0.950. The van der Waals surface area contributed by atoms with Crippen molar-refractivity contribution in [2.75, 3.05) is 5.73 Å². The Bertz CT molecular complexity index is 342. The van der Waals surface area contributed by atoms with Crippen LogP contribution in [0.5, 0.6) is 0 Å². The van der Waals surface area contributed by atoms with Crippen molar-refractivity contribution < 1.29 is 13.2 Å². The minimum atomic E-state index is -4.11. The zero-order valence-corrected chi connectivity index (χ0v) is 7.38. The summed E-state index contributed by atoms with van der Waals surface area (Å²) in [6, 6.07) is 1.51. The molecule has 0 saturated carbocycles. The first-order valence-electron chi connectivity index (χ1n) is 4.36. The number of aromatic nitrogens is 2. The molecule has 1 aliphatic heterocycles. The van der Waals surface area contributed by atoms with E-state index in [0.29, 0.717) is 18.1 Å². The molecule has 78 valence electrons. The lowest BCUT2D eigenvalue weighted by Crippen LogP contribution is -2.31. The van der Waals surface area contributed by atoms with Gasteiger partial charge in [-0.3, -0.25) is 4.68 Å². The Labute approximate surface area is 78.7 Å². The van der Waals surface area contributed by atoms with Gasteiger partial charge in [0.1, 0.15) is 5.82 Å². The van der Waals surface area contributed by atoms with Crippen LogP contribution in [-0.4, -0.2) is 16.0 Å². The minimum absolute atomic E-state index is 0.00625. The number of hydrogen-bond acceptors (Lipinski definition) is 2. The van der Waals surface area contributed by atoms with Gasteiger partial charge in [-0.1, -0.05) is 0 Å². The summed E-state index contributed by atoms with van der Waals surface area (Å²) < 4.78 is 38.7. The number of halogens is 3. The number of rotatable bonds is 0. The lowest BCUT2D eigenvalue weighted by atomic mass is 9.96. The Kier molecular flexibility index (Phi) is 1.94. The summed E-state index contributed by atoms with van der Waals surface area (Å²) in [4.78, 5) is 0. The quantitative estimate of drug-likeness (QED) is 0.699. The van der Waals surface area contributed by atoms with E-state index >= 15 is 0 Å². The summed E-state index contributed by atoms with van der Waals surface area (Å²) in [5.41, 5.74) is 5.98. The second-order valence-corrected chi connectivity index (χ2v) is 3.52. The third-order valence-corrected chi connectivity index (χ3v) is 2.49. The molecule has 0 amide bonds. The highest BCUT2D eigenvalue weighted by Crippen LogP contribution is 2.34. The van der Waals surface area contributed by atoms with Gasteiger partial charge in [0.05, 0.1) is 5.92 Å². The fourth-order valence-electron chi connectivity index (χ4n) is 1.75. The predicted octanol–water partition coefficient (Wildman–Crippen LogP) is 1.59. The Morgan fingerprint density at radius 1 is 1.50 bits per heavy atom. The van der Waals surface area contributed by atoms with Crippen LogP contribution in [0.15, 0.2) is 6.07 Å². The summed E-state index contributed by atoms with van der Waals surface area (Å²) >= 11 is 0. The molecule has 0 bridgehead atoms. The molecule has 1 aromatic rings. The molecule has 1 aliphatic rings. The molecule has 1 unspecified atom stereocenters. The summed E-state index contributed by atoms with van der Waals surface area (Å²) in [5, 5.41) is 3.89. The lowest BCUT2D eigenvalue weighted by molar-refractivity contribution is -0.179. The van der Waals surface area contributed by atoms with Gasteiger partial charge < -0.3 is 5.73 Å². The van der Waals surface area contributed by atoms with Crippen molar-refractivity contribution in [3.63, 3.8) is 0 Å². The molecule has 2 rings (SSSR count). The smallest absolute Gasteiger partial charge is 0.382 e. The van der Waals surface area contributed by atoms with Crippen molar-refractivity contribution in [3.05, 3.63) is 11.8 Å². The highest BCUT2D eigenvalue weighted by Gasteiger charge is 2.41. The average Bonchev–Trinajstić information content (AvgIpc) is 2.41. The first kappa shape index (κ1) is 9.36. The van der Waals surface area contributed by atoms with Gasteiger partial charge in [-0.25, -0.2) is 0 Å². The molecule has 0 aliphatic carbocycles. The zero-order chi connectivity index (χ0) is 10.3. The molecular formula is C8H10F3N3. The number of alkyl halides is 3. The molecule has 1 atom stereocenters. The van der Waals surface area contributed by atoms with E-state index < -0.39 is 12.1 Å². The third-order valence-electron chi connectivity index (χ3n) is 2.49. The summed E-state index contributed by atoms with van der Waals surface area (Å²) in [7, 11) is 0. The Morgan fingerprint density at radius 2 is 2.21 bits per heavy atom. The minimum Gasteiger partial charge on any atom is -0.382 e. The van der Waals surface area contributed by atoms with E-state index in [0.717, 1.165) is 0 Å². The van der Waals surface area contributed by atoms with Crippen LogP contribution >= 0.6 is 0 Å². The lowest BCUT2D eigenvalue weighted by Gasteiger charge is -2.24. The second-order valence-electron chi connectivity index (χ2n) is 3.52. The van der Waals surface area contributed by atoms with E-state index in [4.69, 9.17) is 5.73 Å². The Balaban J connectivity index is 2.21. The van der Waals surface area contributed by atoms with Gasteiger partial charge >= 0.3 is 6.18 Å². The van der Waals surface area contributed by atoms with Gasteiger partial charge in [0, 0.05) is 24.7 Å². The molecule has 14 heavy (non-hydrogen) atoms. The number of aryl methyl sites for hydroxylation is 1. The van der Waals surface area contributed by atoms with Crippen LogP contribution in [0.3, 0.4) is 0 Å². The average molecular weight is 205 g/mol. The normalized spacial score (nSPS) is 22.1. The molecule has 1 aromatic heterocycles. The van der Waals surface area contributed by atoms with Crippen molar-refractivity contribution in [3.8, 4) is 0 Å². The van der Waals surface area contributed by atoms with Crippen LogP contribution in [0, 0.1) is 5.92 Å². The molecule has 6 heteroatoms. The highest BCUT2D eigenvalue weighted by atomic mass is 19.4. The van der Waals surface area contributed by atoms with E-state index in [2.05, 4.69) is 5.10 Å². The van der Waals surface area contributed by atoms with E-state index in [1.807, 2.05) is 0 Å². The number of fused-ring (bicyclic) bond motifs is 1.